The van der Waals surface area contributed by atoms with E-state index in [4.69, 9.17) is 5.11 Å². The molecule has 6 heteroatoms. The second-order valence-corrected chi connectivity index (χ2v) is 3.77. The Bertz CT molecular complexity index is 463. The van der Waals surface area contributed by atoms with E-state index in [0.29, 0.717) is 5.56 Å². The number of aryl methyl sites for hydroxylation is 1. The molecule has 2 N–H and O–H groups in total. The minimum atomic E-state index is -1.11. The number of nitrogens with one attached hydrogen (secondary N) is 1. The van der Waals surface area contributed by atoms with Crippen molar-refractivity contribution in [2.45, 2.75) is 13.8 Å². The molecule has 1 aromatic rings. The number of likely N-dealkylation sites (N-methyl/N-ethyl adjacent to an activating group) is 1. The lowest BCUT2D eigenvalue weighted by Crippen LogP contribution is -2.38. The van der Waals surface area contributed by atoms with Crippen molar-refractivity contribution < 1.29 is 19.1 Å². The quantitative estimate of drug-likeness (QED) is 0.864. The van der Waals surface area contributed by atoms with Gasteiger partial charge in [0.25, 0.3) is 0 Å². The lowest BCUT2D eigenvalue weighted by atomic mass is 10.2. The van der Waals surface area contributed by atoms with Gasteiger partial charge in [-0.15, -0.1) is 0 Å². The average Bonchev–Trinajstić information content (AvgIpc) is 2.31. The maximum atomic E-state index is 13.6. The molecule has 0 fully saturated rings. The van der Waals surface area contributed by atoms with Crippen molar-refractivity contribution >= 4 is 17.7 Å². The molecule has 0 radical (unpaired) electrons. The van der Waals surface area contributed by atoms with Gasteiger partial charge in [-0.3, -0.25) is 4.79 Å². The van der Waals surface area contributed by atoms with Crippen LogP contribution in [0.15, 0.2) is 18.2 Å². The number of carbonyl (C=O) groups is 2. The van der Waals surface area contributed by atoms with Gasteiger partial charge in [-0.1, -0.05) is 12.1 Å². The molecule has 1 aromatic carbocycles. The van der Waals surface area contributed by atoms with Crippen LogP contribution >= 0.6 is 0 Å². The van der Waals surface area contributed by atoms with Crippen LogP contribution in [0.25, 0.3) is 0 Å². The highest BCUT2D eigenvalue weighted by Gasteiger charge is 2.16. The normalized spacial score (nSPS) is 9.94. The first kappa shape index (κ1) is 14.0. The second kappa shape index (κ2) is 6.00. The summed E-state index contributed by atoms with van der Waals surface area (Å²) in [5.74, 6) is -1.63. The van der Waals surface area contributed by atoms with Crippen molar-refractivity contribution in [3.8, 4) is 0 Å². The summed E-state index contributed by atoms with van der Waals surface area (Å²) in [5.41, 5.74) is 0.456. The van der Waals surface area contributed by atoms with Crippen molar-refractivity contribution in [3.05, 3.63) is 29.6 Å². The van der Waals surface area contributed by atoms with Crippen LogP contribution in [0.1, 0.15) is 12.5 Å². The van der Waals surface area contributed by atoms with Gasteiger partial charge in [0, 0.05) is 6.54 Å². The van der Waals surface area contributed by atoms with Gasteiger partial charge in [-0.25, -0.2) is 9.18 Å². The molecule has 1 rings (SSSR count). The first-order valence-electron chi connectivity index (χ1n) is 5.48. The Hall–Kier alpha value is -2.11. The molecule has 0 saturated carbocycles. The zero-order valence-corrected chi connectivity index (χ0v) is 10.2. The number of amides is 2. The highest BCUT2D eigenvalue weighted by Crippen LogP contribution is 2.17. The molecule has 0 spiro atoms. The van der Waals surface area contributed by atoms with Gasteiger partial charge < -0.3 is 15.3 Å². The summed E-state index contributed by atoms with van der Waals surface area (Å²) < 4.78 is 13.6. The number of nitrogens with zero attached hydrogens (tertiary/aromatic N) is 1. The van der Waals surface area contributed by atoms with Crippen molar-refractivity contribution in [1.82, 2.24) is 4.90 Å². The number of urea groups is 1. The molecule has 0 atom stereocenters. The molecule has 0 unspecified atom stereocenters. The topological polar surface area (TPSA) is 69.6 Å². The number of carbonyl (C=O) groups excluding carboxylic acids is 1. The van der Waals surface area contributed by atoms with Crippen LogP contribution in [0.4, 0.5) is 14.9 Å². The summed E-state index contributed by atoms with van der Waals surface area (Å²) >= 11 is 0. The number of rotatable bonds is 4. The third-order valence-electron chi connectivity index (χ3n) is 2.43. The molecule has 0 aliphatic heterocycles. The molecule has 0 saturated heterocycles. The monoisotopic (exact) mass is 254 g/mol. The SMILES string of the molecule is CCN(CC(=O)O)C(=O)Nc1cccc(C)c1F. The fourth-order valence-corrected chi connectivity index (χ4v) is 1.43. The largest absolute Gasteiger partial charge is 0.480 e. The van der Waals surface area contributed by atoms with Crippen LogP contribution in [-0.2, 0) is 4.79 Å². The molecule has 2 amide bonds. The van der Waals surface area contributed by atoms with Crippen molar-refractivity contribution in [1.29, 1.82) is 0 Å². The highest BCUT2D eigenvalue weighted by atomic mass is 19.1. The number of carboxylic acids is 1. The zero-order chi connectivity index (χ0) is 13.7. The van der Waals surface area contributed by atoms with E-state index in [0.717, 1.165) is 4.90 Å². The lowest BCUT2D eigenvalue weighted by Gasteiger charge is -2.19. The fourth-order valence-electron chi connectivity index (χ4n) is 1.43. The second-order valence-electron chi connectivity index (χ2n) is 3.77. The molecule has 0 aliphatic carbocycles. The summed E-state index contributed by atoms with van der Waals surface area (Å²) in [6.45, 7) is 3.04. The minimum absolute atomic E-state index is 0.0452. The number of hydrogen-bond acceptors (Lipinski definition) is 2. The summed E-state index contributed by atoms with van der Waals surface area (Å²) in [6, 6.07) is 3.99. The molecule has 0 aromatic heterocycles. The van der Waals surface area contributed by atoms with Crippen LogP contribution < -0.4 is 5.32 Å². The molecule has 18 heavy (non-hydrogen) atoms. The van der Waals surface area contributed by atoms with Crippen LogP contribution in [0.2, 0.25) is 0 Å². The number of hydrogen-bond donors (Lipinski definition) is 2. The smallest absolute Gasteiger partial charge is 0.323 e. The Morgan fingerprint density at radius 3 is 2.67 bits per heavy atom. The molecular weight excluding hydrogens is 239 g/mol. The van der Waals surface area contributed by atoms with Crippen LogP contribution in [0.5, 0.6) is 0 Å². The van der Waals surface area contributed by atoms with E-state index < -0.39 is 24.4 Å². The summed E-state index contributed by atoms with van der Waals surface area (Å²) in [7, 11) is 0. The van der Waals surface area contributed by atoms with E-state index in [2.05, 4.69) is 5.32 Å². The van der Waals surface area contributed by atoms with Gasteiger partial charge in [-0.2, -0.15) is 0 Å². The first-order chi connectivity index (χ1) is 8.45. The number of aliphatic carboxylic acids is 1. The zero-order valence-electron chi connectivity index (χ0n) is 10.2. The molecule has 0 aliphatic rings. The van der Waals surface area contributed by atoms with Gasteiger partial charge in [0.05, 0.1) is 5.69 Å². The Balaban J connectivity index is 2.80. The van der Waals surface area contributed by atoms with Gasteiger partial charge in [0.1, 0.15) is 12.4 Å². The van der Waals surface area contributed by atoms with E-state index in [-0.39, 0.29) is 12.2 Å². The lowest BCUT2D eigenvalue weighted by molar-refractivity contribution is -0.137. The summed E-state index contributed by atoms with van der Waals surface area (Å²) in [5, 5.41) is 11.0. The number of carboxylic acid groups (broad SMARTS) is 1. The van der Waals surface area contributed by atoms with Gasteiger partial charge >= 0.3 is 12.0 Å². The average molecular weight is 254 g/mol. The predicted octanol–water partition coefficient (Wildman–Crippen LogP) is 2.07. The third-order valence-corrected chi connectivity index (χ3v) is 2.43. The van der Waals surface area contributed by atoms with Gasteiger partial charge in [0.2, 0.25) is 0 Å². The molecule has 0 bridgehead atoms. The Morgan fingerprint density at radius 2 is 2.11 bits per heavy atom. The van der Waals surface area contributed by atoms with Crippen molar-refractivity contribution in [3.63, 3.8) is 0 Å². The Morgan fingerprint density at radius 1 is 1.44 bits per heavy atom. The summed E-state index contributed by atoms with van der Waals surface area (Å²) in [4.78, 5) is 23.4. The number of halogens is 1. The molecule has 5 nitrogen and oxygen atoms in total. The maximum absolute atomic E-state index is 13.6. The van der Waals surface area contributed by atoms with E-state index in [9.17, 15) is 14.0 Å². The van der Waals surface area contributed by atoms with E-state index >= 15 is 0 Å². The number of anilines is 1. The van der Waals surface area contributed by atoms with E-state index in [1.165, 1.54) is 6.07 Å². The summed E-state index contributed by atoms with van der Waals surface area (Å²) in [6.07, 6.45) is 0. The highest BCUT2D eigenvalue weighted by molar-refractivity contribution is 5.91. The fraction of sp³-hybridized carbons (Fsp3) is 0.333. The minimum Gasteiger partial charge on any atom is -0.480 e. The van der Waals surface area contributed by atoms with Crippen LogP contribution in [0, 0.1) is 12.7 Å². The van der Waals surface area contributed by atoms with Gasteiger partial charge in [-0.05, 0) is 25.5 Å². The molecule has 98 valence electrons. The third kappa shape index (κ3) is 3.44. The van der Waals surface area contributed by atoms with Crippen LogP contribution in [0.3, 0.4) is 0 Å². The molecular formula is C12H15FN2O3. The Labute approximate surface area is 104 Å². The first-order valence-corrected chi connectivity index (χ1v) is 5.48. The standard InChI is InChI=1S/C12H15FN2O3/c1-3-15(7-10(16)17)12(18)14-9-6-4-5-8(2)11(9)13/h4-6H,3,7H2,1-2H3,(H,14,18)(H,16,17). The Kier molecular flexibility index (Phi) is 4.65. The predicted molar refractivity (Wildman–Crippen MR) is 65.0 cm³/mol. The van der Waals surface area contributed by atoms with Crippen LogP contribution in [-0.4, -0.2) is 35.1 Å². The van der Waals surface area contributed by atoms with Gasteiger partial charge in [0.15, 0.2) is 0 Å². The van der Waals surface area contributed by atoms with Crippen molar-refractivity contribution in [2.24, 2.45) is 0 Å². The van der Waals surface area contributed by atoms with Crippen molar-refractivity contribution in [2.75, 3.05) is 18.4 Å². The van der Waals surface area contributed by atoms with E-state index in [1.54, 1.807) is 26.0 Å². The molecule has 0 heterocycles. The maximum Gasteiger partial charge on any atom is 0.323 e. The number of benzene rings is 1. The van der Waals surface area contributed by atoms with E-state index in [1.807, 2.05) is 0 Å².